The van der Waals surface area contributed by atoms with Crippen molar-refractivity contribution in [3.63, 3.8) is 0 Å². The molecule has 0 aliphatic rings. The predicted octanol–water partition coefficient (Wildman–Crippen LogP) is 2.87. The fraction of sp³-hybridized carbons (Fsp3) is 0.190. The number of thiazole rings is 1. The van der Waals surface area contributed by atoms with Crippen LogP contribution in [0.4, 0.5) is 4.39 Å². The van der Waals surface area contributed by atoms with Crippen LogP contribution in [-0.4, -0.2) is 22.8 Å². The second kappa shape index (κ2) is 9.75. The summed E-state index contributed by atoms with van der Waals surface area (Å²) in [6, 6.07) is 14.5. The molecule has 3 rings (SSSR count). The monoisotopic (exact) mass is 397 g/mol. The molecule has 0 saturated heterocycles. The Morgan fingerprint density at radius 3 is 2.46 bits per heavy atom. The summed E-state index contributed by atoms with van der Waals surface area (Å²) in [6.07, 6.45) is 0.448. The van der Waals surface area contributed by atoms with Gasteiger partial charge in [-0.25, -0.2) is 9.37 Å². The van der Waals surface area contributed by atoms with Crippen molar-refractivity contribution in [3.8, 4) is 0 Å². The number of benzene rings is 2. The molecular formula is C21H20FN3O2S. The van der Waals surface area contributed by atoms with Crippen molar-refractivity contribution >= 4 is 23.2 Å². The lowest BCUT2D eigenvalue weighted by molar-refractivity contribution is -0.128. The van der Waals surface area contributed by atoms with E-state index in [4.69, 9.17) is 0 Å². The van der Waals surface area contributed by atoms with Gasteiger partial charge in [-0.2, -0.15) is 0 Å². The SMILES string of the molecule is O=C(Cc1ccc(F)cc1)N[C@H](Cc1ccccc1)C(=O)NCc1cscn1. The molecule has 0 aliphatic carbocycles. The highest BCUT2D eigenvalue weighted by Crippen LogP contribution is 2.07. The minimum absolute atomic E-state index is 0.0743. The Morgan fingerprint density at radius 1 is 1.04 bits per heavy atom. The number of hydrogen-bond donors (Lipinski definition) is 2. The maximum absolute atomic E-state index is 13.0. The molecule has 0 fully saturated rings. The van der Waals surface area contributed by atoms with E-state index in [9.17, 15) is 14.0 Å². The maximum Gasteiger partial charge on any atom is 0.243 e. The number of aromatic nitrogens is 1. The Kier molecular flexibility index (Phi) is 6.86. The number of halogens is 1. The van der Waals surface area contributed by atoms with Crippen molar-refractivity contribution in [1.29, 1.82) is 0 Å². The summed E-state index contributed by atoms with van der Waals surface area (Å²) in [6.45, 7) is 0.307. The maximum atomic E-state index is 13.0. The molecule has 1 aromatic heterocycles. The lowest BCUT2D eigenvalue weighted by Crippen LogP contribution is -2.48. The first-order valence-corrected chi connectivity index (χ1v) is 9.77. The van der Waals surface area contributed by atoms with Gasteiger partial charge < -0.3 is 10.6 Å². The van der Waals surface area contributed by atoms with Crippen LogP contribution >= 0.6 is 11.3 Å². The van der Waals surface area contributed by atoms with Gasteiger partial charge in [0.25, 0.3) is 0 Å². The van der Waals surface area contributed by atoms with Gasteiger partial charge in [-0.05, 0) is 23.3 Å². The molecule has 0 saturated carbocycles. The van der Waals surface area contributed by atoms with Crippen LogP contribution in [-0.2, 0) is 29.0 Å². The largest absolute Gasteiger partial charge is 0.349 e. The number of hydrogen-bond acceptors (Lipinski definition) is 4. The van der Waals surface area contributed by atoms with Crippen molar-refractivity contribution in [1.82, 2.24) is 15.6 Å². The Hall–Kier alpha value is -3.06. The van der Waals surface area contributed by atoms with Crippen molar-refractivity contribution in [2.75, 3.05) is 0 Å². The van der Waals surface area contributed by atoms with Gasteiger partial charge in [0.15, 0.2) is 0 Å². The summed E-state index contributed by atoms with van der Waals surface area (Å²) < 4.78 is 13.0. The molecule has 2 aromatic carbocycles. The first kappa shape index (κ1) is 19.7. The Labute approximate surface area is 166 Å². The first-order valence-electron chi connectivity index (χ1n) is 8.82. The minimum Gasteiger partial charge on any atom is -0.349 e. The van der Waals surface area contributed by atoms with Crippen molar-refractivity contribution in [2.24, 2.45) is 0 Å². The number of carbonyl (C=O) groups excluding carboxylic acids is 2. The zero-order chi connectivity index (χ0) is 19.8. The lowest BCUT2D eigenvalue weighted by atomic mass is 10.0. The van der Waals surface area contributed by atoms with Gasteiger partial charge in [-0.15, -0.1) is 11.3 Å². The highest BCUT2D eigenvalue weighted by atomic mass is 32.1. The third-order valence-corrected chi connectivity index (χ3v) is 4.77. The smallest absolute Gasteiger partial charge is 0.243 e. The molecule has 2 N–H and O–H groups in total. The quantitative estimate of drug-likeness (QED) is 0.614. The molecule has 0 spiro atoms. The molecular weight excluding hydrogens is 377 g/mol. The van der Waals surface area contributed by atoms with Crippen LogP contribution in [0.5, 0.6) is 0 Å². The summed E-state index contributed by atoms with van der Waals surface area (Å²) in [4.78, 5) is 29.3. The molecule has 0 bridgehead atoms. The third-order valence-electron chi connectivity index (χ3n) is 4.14. The average Bonchev–Trinajstić information content (AvgIpc) is 3.22. The normalized spacial score (nSPS) is 11.6. The number of nitrogens with zero attached hydrogens (tertiary/aromatic N) is 1. The average molecular weight is 397 g/mol. The van der Waals surface area contributed by atoms with E-state index in [1.807, 2.05) is 35.7 Å². The van der Waals surface area contributed by atoms with Crippen LogP contribution in [0.25, 0.3) is 0 Å². The summed E-state index contributed by atoms with van der Waals surface area (Å²) >= 11 is 1.46. The third kappa shape index (κ3) is 5.99. The first-order chi connectivity index (χ1) is 13.6. The van der Waals surface area contributed by atoms with E-state index in [2.05, 4.69) is 15.6 Å². The van der Waals surface area contributed by atoms with Crippen LogP contribution < -0.4 is 10.6 Å². The van der Waals surface area contributed by atoms with Crippen LogP contribution in [0, 0.1) is 5.82 Å². The van der Waals surface area contributed by atoms with Gasteiger partial charge in [0.1, 0.15) is 11.9 Å². The summed E-state index contributed by atoms with van der Waals surface area (Å²) in [5.74, 6) is -0.923. The van der Waals surface area contributed by atoms with Gasteiger partial charge in [0, 0.05) is 11.8 Å². The summed E-state index contributed by atoms with van der Waals surface area (Å²) in [7, 11) is 0. The number of amides is 2. The number of carbonyl (C=O) groups is 2. The summed E-state index contributed by atoms with van der Waals surface area (Å²) in [5, 5.41) is 7.48. The van der Waals surface area contributed by atoms with E-state index < -0.39 is 6.04 Å². The van der Waals surface area contributed by atoms with Gasteiger partial charge in [0.2, 0.25) is 11.8 Å². The molecule has 28 heavy (non-hydrogen) atoms. The Balaban J connectivity index is 1.64. The van der Waals surface area contributed by atoms with Crippen LogP contribution in [0.2, 0.25) is 0 Å². The molecule has 0 radical (unpaired) electrons. The van der Waals surface area contributed by atoms with Gasteiger partial charge in [0.05, 0.1) is 24.2 Å². The van der Waals surface area contributed by atoms with E-state index in [1.165, 1.54) is 23.5 Å². The van der Waals surface area contributed by atoms with Gasteiger partial charge in [-0.1, -0.05) is 42.5 Å². The fourth-order valence-corrected chi connectivity index (χ4v) is 3.28. The zero-order valence-corrected chi connectivity index (χ0v) is 15.9. The highest BCUT2D eigenvalue weighted by Gasteiger charge is 2.21. The lowest BCUT2D eigenvalue weighted by Gasteiger charge is -2.18. The zero-order valence-electron chi connectivity index (χ0n) is 15.1. The second-order valence-electron chi connectivity index (χ2n) is 6.31. The van der Waals surface area contributed by atoms with E-state index in [1.54, 1.807) is 17.6 Å². The van der Waals surface area contributed by atoms with Crippen LogP contribution in [0.1, 0.15) is 16.8 Å². The topological polar surface area (TPSA) is 71.1 Å². The number of rotatable bonds is 8. The molecule has 2 amide bonds. The molecule has 1 atom stereocenters. The molecule has 1 heterocycles. The van der Waals surface area contributed by atoms with Gasteiger partial charge >= 0.3 is 0 Å². The number of nitrogens with one attached hydrogen (secondary N) is 2. The Bertz CT molecular complexity index is 899. The highest BCUT2D eigenvalue weighted by molar-refractivity contribution is 7.07. The van der Waals surface area contributed by atoms with Crippen LogP contribution in [0.15, 0.2) is 65.5 Å². The molecule has 7 heteroatoms. The molecule has 0 aliphatic heterocycles. The van der Waals surface area contributed by atoms with Gasteiger partial charge in [-0.3, -0.25) is 9.59 Å². The predicted molar refractivity (Wildman–Crippen MR) is 106 cm³/mol. The van der Waals surface area contributed by atoms with Crippen molar-refractivity contribution in [3.05, 3.63) is 88.1 Å². The standard InChI is InChI=1S/C21H20FN3O2S/c22-17-8-6-16(7-9-17)11-20(26)25-19(10-15-4-2-1-3-5-15)21(27)23-12-18-13-28-14-24-18/h1-9,13-14,19H,10-12H2,(H,23,27)(H,25,26)/t19-/m1/s1. The molecule has 0 unspecified atom stereocenters. The molecule has 3 aromatic rings. The van der Waals surface area contributed by atoms with Crippen molar-refractivity contribution < 1.29 is 14.0 Å². The van der Waals surface area contributed by atoms with E-state index in [0.29, 0.717) is 18.5 Å². The van der Waals surface area contributed by atoms with Crippen molar-refractivity contribution in [2.45, 2.75) is 25.4 Å². The molecule has 5 nitrogen and oxygen atoms in total. The summed E-state index contributed by atoms with van der Waals surface area (Å²) in [5.41, 5.74) is 4.10. The minimum atomic E-state index is -0.714. The fourth-order valence-electron chi connectivity index (χ4n) is 2.72. The Morgan fingerprint density at radius 2 is 1.79 bits per heavy atom. The van der Waals surface area contributed by atoms with Crippen LogP contribution in [0.3, 0.4) is 0 Å². The molecule has 144 valence electrons. The van der Waals surface area contributed by atoms with E-state index in [0.717, 1.165) is 11.3 Å². The van der Waals surface area contributed by atoms with E-state index >= 15 is 0 Å². The second-order valence-corrected chi connectivity index (χ2v) is 7.03. The van der Waals surface area contributed by atoms with E-state index in [-0.39, 0.29) is 24.1 Å².